The molecule has 0 radical (unpaired) electrons. The van der Waals surface area contributed by atoms with E-state index in [4.69, 9.17) is 4.84 Å². The van der Waals surface area contributed by atoms with Crippen molar-refractivity contribution in [2.75, 3.05) is 0 Å². The first-order chi connectivity index (χ1) is 12.4. The van der Waals surface area contributed by atoms with E-state index >= 15 is 0 Å². The lowest BCUT2D eigenvalue weighted by atomic mass is 10.0. The zero-order chi connectivity index (χ0) is 17.3. The SMILES string of the molecule is CCCC(c1ccc(/C=N/OCc2ccccc2)cc1)n1ccnc1. The molecule has 0 saturated carbocycles. The summed E-state index contributed by atoms with van der Waals surface area (Å²) in [7, 11) is 0. The first kappa shape index (κ1) is 17.0. The van der Waals surface area contributed by atoms with Crippen molar-refractivity contribution in [2.24, 2.45) is 5.16 Å². The minimum absolute atomic E-state index is 0.327. The van der Waals surface area contributed by atoms with Gasteiger partial charge in [-0.25, -0.2) is 4.98 Å². The molecule has 0 saturated heterocycles. The topological polar surface area (TPSA) is 39.4 Å². The first-order valence-corrected chi connectivity index (χ1v) is 8.63. The number of rotatable bonds is 8. The van der Waals surface area contributed by atoms with Crippen LogP contribution in [-0.2, 0) is 11.4 Å². The third-order valence-electron chi connectivity index (χ3n) is 4.12. The summed E-state index contributed by atoms with van der Waals surface area (Å²) in [5.41, 5.74) is 3.41. The molecule has 1 heterocycles. The molecular formula is C21H23N3O. The van der Waals surface area contributed by atoms with E-state index in [1.807, 2.05) is 49.1 Å². The van der Waals surface area contributed by atoms with Gasteiger partial charge in [0.05, 0.1) is 18.6 Å². The van der Waals surface area contributed by atoms with Gasteiger partial charge in [-0.15, -0.1) is 0 Å². The van der Waals surface area contributed by atoms with Gasteiger partial charge in [0, 0.05) is 12.4 Å². The lowest BCUT2D eigenvalue weighted by molar-refractivity contribution is 0.132. The molecule has 0 amide bonds. The Morgan fingerprint density at radius 3 is 2.60 bits per heavy atom. The fourth-order valence-electron chi connectivity index (χ4n) is 2.80. The van der Waals surface area contributed by atoms with Gasteiger partial charge in [-0.3, -0.25) is 0 Å². The molecule has 25 heavy (non-hydrogen) atoms. The fraction of sp³-hybridized carbons (Fsp3) is 0.238. The number of hydrogen-bond donors (Lipinski definition) is 0. The summed E-state index contributed by atoms with van der Waals surface area (Å²) < 4.78 is 2.16. The Bertz CT molecular complexity index is 765. The lowest BCUT2D eigenvalue weighted by Crippen LogP contribution is -2.08. The number of imidazole rings is 1. The third kappa shape index (κ3) is 4.80. The van der Waals surface area contributed by atoms with E-state index in [1.54, 1.807) is 6.21 Å². The molecule has 0 aliphatic rings. The Morgan fingerprint density at radius 1 is 1.12 bits per heavy atom. The van der Waals surface area contributed by atoms with Gasteiger partial charge in [0.25, 0.3) is 0 Å². The van der Waals surface area contributed by atoms with Crippen LogP contribution >= 0.6 is 0 Å². The van der Waals surface area contributed by atoms with Crippen LogP contribution in [0.5, 0.6) is 0 Å². The van der Waals surface area contributed by atoms with Crippen molar-refractivity contribution in [1.29, 1.82) is 0 Å². The molecule has 1 aromatic heterocycles. The summed E-state index contributed by atoms with van der Waals surface area (Å²) in [4.78, 5) is 9.52. The highest BCUT2D eigenvalue weighted by Crippen LogP contribution is 2.23. The van der Waals surface area contributed by atoms with Gasteiger partial charge >= 0.3 is 0 Å². The number of aromatic nitrogens is 2. The van der Waals surface area contributed by atoms with Gasteiger partial charge in [-0.1, -0.05) is 73.1 Å². The molecule has 0 aliphatic carbocycles. The van der Waals surface area contributed by atoms with Crippen LogP contribution in [0.2, 0.25) is 0 Å². The molecule has 4 heteroatoms. The minimum atomic E-state index is 0.327. The van der Waals surface area contributed by atoms with Gasteiger partial charge in [-0.05, 0) is 23.1 Å². The van der Waals surface area contributed by atoms with Crippen LogP contribution in [0.1, 0.15) is 42.5 Å². The maximum Gasteiger partial charge on any atom is 0.142 e. The van der Waals surface area contributed by atoms with E-state index in [-0.39, 0.29) is 0 Å². The molecule has 3 rings (SSSR count). The molecule has 1 atom stereocenters. The maximum atomic E-state index is 5.36. The van der Waals surface area contributed by atoms with E-state index in [2.05, 4.69) is 45.9 Å². The second-order valence-electron chi connectivity index (χ2n) is 5.97. The Hall–Kier alpha value is -2.88. The Morgan fingerprint density at radius 2 is 1.92 bits per heavy atom. The van der Waals surface area contributed by atoms with Crippen LogP contribution in [0, 0.1) is 0 Å². The van der Waals surface area contributed by atoms with Crippen molar-refractivity contribution >= 4 is 6.21 Å². The monoisotopic (exact) mass is 333 g/mol. The van der Waals surface area contributed by atoms with Crippen molar-refractivity contribution in [1.82, 2.24) is 9.55 Å². The van der Waals surface area contributed by atoms with Crippen LogP contribution in [-0.4, -0.2) is 15.8 Å². The average Bonchev–Trinajstić information content (AvgIpc) is 3.19. The van der Waals surface area contributed by atoms with Gasteiger partial charge in [0.15, 0.2) is 0 Å². The fourth-order valence-corrected chi connectivity index (χ4v) is 2.80. The zero-order valence-electron chi connectivity index (χ0n) is 14.5. The molecule has 128 valence electrons. The van der Waals surface area contributed by atoms with Gasteiger partial charge in [-0.2, -0.15) is 0 Å². The number of hydrogen-bond acceptors (Lipinski definition) is 3. The van der Waals surface area contributed by atoms with Crippen molar-refractivity contribution in [2.45, 2.75) is 32.4 Å². The van der Waals surface area contributed by atoms with Crippen molar-refractivity contribution < 1.29 is 4.84 Å². The van der Waals surface area contributed by atoms with E-state index in [0.717, 1.165) is 24.0 Å². The Kier molecular flexibility index (Phi) is 5.99. The smallest absolute Gasteiger partial charge is 0.142 e. The molecule has 4 nitrogen and oxygen atoms in total. The highest BCUT2D eigenvalue weighted by atomic mass is 16.6. The molecule has 0 spiro atoms. The number of oxime groups is 1. The van der Waals surface area contributed by atoms with Crippen LogP contribution in [0.4, 0.5) is 0 Å². The first-order valence-electron chi connectivity index (χ1n) is 8.63. The summed E-state index contributed by atoms with van der Waals surface area (Å²) in [5, 5.41) is 4.06. The summed E-state index contributed by atoms with van der Waals surface area (Å²) in [6.45, 7) is 2.68. The normalized spacial score (nSPS) is 12.4. The molecule has 0 fully saturated rings. The number of benzene rings is 2. The van der Waals surface area contributed by atoms with Gasteiger partial charge < -0.3 is 9.40 Å². The summed E-state index contributed by atoms with van der Waals surface area (Å²) in [6.07, 6.45) is 9.69. The molecule has 0 N–H and O–H groups in total. The van der Waals surface area contributed by atoms with Crippen molar-refractivity contribution in [3.05, 3.63) is 90.0 Å². The van der Waals surface area contributed by atoms with Crippen LogP contribution in [0.15, 0.2) is 78.5 Å². The highest BCUT2D eigenvalue weighted by Gasteiger charge is 2.11. The van der Waals surface area contributed by atoms with E-state index in [9.17, 15) is 0 Å². The second kappa shape index (κ2) is 8.83. The molecule has 3 aromatic rings. The predicted molar refractivity (Wildman–Crippen MR) is 101 cm³/mol. The zero-order valence-corrected chi connectivity index (χ0v) is 14.5. The Balaban J connectivity index is 1.60. The largest absolute Gasteiger partial charge is 0.391 e. The number of nitrogens with zero attached hydrogens (tertiary/aromatic N) is 3. The van der Waals surface area contributed by atoms with Gasteiger partial charge in [0.2, 0.25) is 0 Å². The maximum absolute atomic E-state index is 5.36. The van der Waals surface area contributed by atoms with E-state index < -0.39 is 0 Å². The highest BCUT2D eigenvalue weighted by molar-refractivity contribution is 5.79. The van der Waals surface area contributed by atoms with Crippen molar-refractivity contribution in [3.8, 4) is 0 Å². The molecule has 1 unspecified atom stereocenters. The quantitative estimate of drug-likeness (QED) is 0.438. The van der Waals surface area contributed by atoms with Crippen LogP contribution in [0.3, 0.4) is 0 Å². The standard InChI is InChI=1S/C21H23N3O/c1-2-6-21(24-14-13-22-17-24)20-11-9-18(10-12-20)15-23-25-16-19-7-4-3-5-8-19/h3-5,7-15,17,21H,2,6,16H2,1H3/b23-15+. The summed E-state index contributed by atoms with van der Waals surface area (Å²) >= 11 is 0. The Labute approximate surface area is 148 Å². The third-order valence-corrected chi connectivity index (χ3v) is 4.12. The minimum Gasteiger partial charge on any atom is -0.391 e. The van der Waals surface area contributed by atoms with Crippen LogP contribution < -0.4 is 0 Å². The van der Waals surface area contributed by atoms with E-state index in [0.29, 0.717) is 12.6 Å². The molecular weight excluding hydrogens is 310 g/mol. The average molecular weight is 333 g/mol. The molecule has 2 aromatic carbocycles. The van der Waals surface area contributed by atoms with Crippen molar-refractivity contribution in [3.63, 3.8) is 0 Å². The lowest BCUT2D eigenvalue weighted by Gasteiger charge is -2.18. The molecule has 0 bridgehead atoms. The van der Waals surface area contributed by atoms with Crippen LogP contribution in [0.25, 0.3) is 0 Å². The van der Waals surface area contributed by atoms with E-state index in [1.165, 1.54) is 5.56 Å². The summed E-state index contributed by atoms with van der Waals surface area (Å²) in [5.74, 6) is 0. The van der Waals surface area contributed by atoms with Gasteiger partial charge in [0.1, 0.15) is 6.61 Å². The molecule has 0 aliphatic heterocycles. The predicted octanol–water partition coefficient (Wildman–Crippen LogP) is 4.82. The summed E-state index contributed by atoms with van der Waals surface area (Å²) in [6, 6.07) is 18.8. The second-order valence-corrected chi connectivity index (χ2v) is 5.97.